The van der Waals surface area contributed by atoms with Crippen molar-refractivity contribution in [3.63, 3.8) is 0 Å². The van der Waals surface area contributed by atoms with Gasteiger partial charge in [0.15, 0.2) is 0 Å². The number of carbonyl (C=O) groups excluding carboxylic acids is 1. The van der Waals surface area contributed by atoms with Gasteiger partial charge >= 0.3 is 5.69 Å². The predicted molar refractivity (Wildman–Crippen MR) is 79.4 cm³/mol. The first-order valence-corrected chi connectivity index (χ1v) is 7.23. The molecule has 1 aromatic carbocycles. The second-order valence-corrected chi connectivity index (χ2v) is 5.52. The molecule has 1 heterocycles. The lowest BCUT2D eigenvalue weighted by Crippen LogP contribution is -2.32. The maximum Gasteiger partial charge on any atom is 0.320 e. The van der Waals surface area contributed by atoms with Crippen molar-refractivity contribution in [3.8, 4) is 0 Å². The van der Waals surface area contributed by atoms with Crippen molar-refractivity contribution < 1.29 is 14.1 Å². The summed E-state index contributed by atoms with van der Waals surface area (Å²) in [7, 11) is 1.47. The van der Waals surface area contributed by atoms with Gasteiger partial charge in [0.25, 0.3) is 5.91 Å². The number of rotatable bonds is 3. The number of benzene rings is 1. The van der Waals surface area contributed by atoms with Gasteiger partial charge in [0.1, 0.15) is 12.0 Å². The van der Waals surface area contributed by atoms with E-state index in [-0.39, 0.29) is 23.2 Å². The Hall–Kier alpha value is -2.77. The molecule has 8 heteroatoms. The summed E-state index contributed by atoms with van der Waals surface area (Å²) in [6, 6.07) is 4.16. The van der Waals surface area contributed by atoms with Crippen molar-refractivity contribution in [2.45, 2.75) is 25.3 Å². The fraction of sp³-hybridized carbons (Fsp3) is 0.333. The van der Waals surface area contributed by atoms with Crippen LogP contribution in [0.25, 0.3) is 0 Å². The molecule has 7 nitrogen and oxygen atoms in total. The zero-order valence-electron chi connectivity index (χ0n) is 12.5. The lowest BCUT2D eigenvalue weighted by atomic mass is 9.87. The first-order chi connectivity index (χ1) is 11.0. The van der Waals surface area contributed by atoms with Crippen molar-refractivity contribution in [1.29, 1.82) is 0 Å². The van der Waals surface area contributed by atoms with Gasteiger partial charge in [-0.25, -0.2) is 4.39 Å². The summed E-state index contributed by atoms with van der Waals surface area (Å²) in [6.45, 7) is 0. The average molecular weight is 318 g/mol. The van der Waals surface area contributed by atoms with E-state index < -0.39 is 10.8 Å². The van der Waals surface area contributed by atoms with E-state index in [2.05, 4.69) is 10.4 Å². The quantitative estimate of drug-likeness (QED) is 0.694. The second-order valence-electron chi connectivity index (χ2n) is 5.52. The van der Waals surface area contributed by atoms with Gasteiger partial charge in [0.05, 0.1) is 11.0 Å². The zero-order valence-corrected chi connectivity index (χ0v) is 12.5. The van der Waals surface area contributed by atoms with E-state index in [9.17, 15) is 19.3 Å². The van der Waals surface area contributed by atoms with Gasteiger partial charge in [0.2, 0.25) is 5.69 Å². The van der Waals surface area contributed by atoms with Crippen LogP contribution in [0.4, 0.5) is 10.1 Å². The molecule has 1 aliphatic rings. The van der Waals surface area contributed by atoms with Gasteiger partial charge in [-0.3, -0.25) is 19.6 Å². The number of hydrogen-bond donors (Lipinski definition) is 1. The number of aromatic nitrogens is 2. The third-order valence-corrected chi connectivity index (χ3v) is 4.06. The zero-order chi connectivity index (χ0) is 16.6. The molecule has 2 aromatic rings. The Morgan fingerprint density at radius 1 is 1.52 bits per heavy atom. The molecule has 1 aliphatic carbocycles. The standard InChI is InChI=1S/C15H15FN4O3/c1-19-14(13(8-17-19)20(22)23)15(21)18-12-4-2-3-9-5-6-10(16)7-11(9)12/h5-8,12H,2-4H2,1H3,(H,18,21)/t12-/m1/s1. The van der Waals surface area contributed by atoms with Crippen LogP contribution in [-0.2, 0) is 13.5 Å². The summed E-state index contributed by atoms with van der Waals surface area (Å²) in [6.07, 6.45) is 3.39. The molecular formula is C15H15FN4O3. The second kappa shape index (κ2) is 5.79. The molecule has 0 bridgehead atoms. The highest BCUT2D eigenvalue weighted by atomic mass is 19.1. The lowest BCUT2D eigenvalue weighted by molar-refractivity contribution is -0.385. The van der Waals surface area contributed by atoms with Crippen LogP contribution in [0.2, 0.25) is 0 Å². The third kappa shape index (κ3) is 2.79. The Kier molecular flexibility index (Phi) is 3.81. The van der Waals surface area contributed by atoms with Gasteiger partial charge in [-0.2, -0.15) is 5.10 Å². The number of fused-ring (bicyclic) bond motifs is 1. The normalized spacial score (nSPS) is 16.7. The van der Waals surface area contributed by atoms with Gasteiger partial charge in [0, 0.05) is 7.05 Å². The van der Waals surface area contributed by atoms with Crippen molar-refractivity contribution in [1.82, 2.24) is 15.1 Å². The summed E-state index contributed by atoms with van der Waals surface area (Å²) < 4.78 is 14.7. The van der Waals surface area contributed by atoms with Crippen LogP contribution in [0.5, 0.6) is 0 Å². The van der Waals surface area contributed by atoms with Crippen LogP contribution in [0, 0.1) is 15.9 Å². The highest BCUT2D eigenvalue weighted by Gasteiger charge is 2.29. The molecule has 1 aromatic heterocycles. The molecule has 1 atom stereocenters. The van der Waals surface area contributed by atoms with E-state index in [1.54, 1.807) is 6.07 Å². The van der Waals surface area contributed by atoms with Crippen molar-refractivity contribution in [3.05, 3.63) is 57.1 Å². The molecular weight excluding hydrogens is 303 g/mol. The number of aryl methyl sites for hydroxylation is 2. The van der Waals surface area contributed by atoms with E-state index in [0.717, 1.165) is 30.2 Å². The van der Waals surface area contributed by atoms with E-state index >= 15 is 0 Å². The minimum absolute atomic E-state index is 0.112. The summed E-state index contributed by atoms with van der Waals surface area (Å²) in [5.74, 6) is -0.949. The minimum atomic E-state index is -0.642. The molecule has 0 aliphatic heterocycles. The number of nitrogens with zero attached hydrogens (tertiary/aromatic N) is 3. The number of nitrogens with one attached hydrogen (secondary N) is 1. The average Bonchev–Trinajstić information content (AvgIpc) is 2.90. The summed E-state index contributed by atoms with van der Waals surface area (Å²) >= 11 is 0. The Morgan fingerprint density at radius 2 is 2.30 bits per heavy atom. The molecule has 0 saturated carbocycles. The maximum absolute atomic E-state index is 13.5. The Balaban J connectivity index is 1.89. The number of amides is 1. The topological polar surface area (TPSA) is 90.1 Å². The van der Waals surface area contributed by atoms with Crippen molar-refractivity contribution >= 4 is 11.6 Å². The lowest BCUT2D eigenvalue weighted by Gasteiger charge is -2.26. The summed E-state index contributed by atoms with van der Waals surface area (Å²) in [5.41, 5.74) is 1.26. The molecule has 0 fully saturated rings. The van der Waals surface area contributed by atoms with Crippen LogP contribution in [0.15, 0.2) is 24.4 Å². The molecule has 0 unspecified atom stereocenters. The minimum Gasteiger partial charge on any atom is -0.344 e. The van der Waals surface area contributed by atoms with Gasteiger partial charge in [-0.1, -0.05) is 6.07 Å². The highest BCUT2D eigenvalue weighted by Crippen LogP contribution is 2.31. The Morgan fingerprint density at radius 3 is 3.04 bits per heavy atom. The molecule has 1 amide bonds. The van der Waals surface area contributed by atoms with E-state index in [4.69, 9.17) is 0 Å². The summed E-state index contributed by atoms with van der Waals surface area (Å²) in [5, 5.41) is 17.5. The van der Waals surface area contributed by atoms with Crippen molar-refractivity contribution in [2.24, 2.45) is 7.05 Å². The van der Waals surface area contributed by atoms with E-state index in [0.29, 0.717) is 6.42 Å². The van der Waals surface area contributed by atoms with Crippen LogP contribution in [0.3, 0.4) is 0 Å². The fourth-order valence-corrected chi connectivity index (χ4v) is 2.97. The van der Waals surface area contributed by atoms with E-state index in [1.165, 1.54) is 23.9 Å². The monoisotopic (exact) mass is 318 g/mol. The Labute approximate surface area is 131 Å². The molecule has 1 N–H and O–H groups in total. The first-order valence-electron chi connectivity index (χ1n) is 7.23. The van der Waals surface area contributed by atoms with E-state index in [1.807, 2.05) is 0 Å². The maximum atomic E-state index is 13.5. The van der Waals surface area contributed by atoms with Crippen LogP contribution in [0.1, 0.15) is 40.5 Å². The summed E-state index contributed by atoms with van der Waals surface area (Å²) in [4.78, 5) is 22.8. The SMILES string of the molecule is Cn1ncc([N+](=O)[O-])c1C(=O)N[C@@H]1CCCc2ccc(F)cc21. The Bertz CT molecular complexity index is 787. The molecule has 0 radical (unpaired) electrons. The van der Waals surface area contributed by atoms with Gasteiger partial charge in [-0.15, -0.1) is 0 Å². The molecule has 3 rings (SSSR count). The largest absolute Gasteiger partial charge is 0.344 e. The number of carbonyl (C=O) groups is 1. The molecule has 23 heavy (non-hydrogen) atoms. The van der Waals surface area contributed by atoms with Crippen LogP contribution >= 0.6 is 0 Å². The van der Waals surface area contributed by atoms with Crippen molar-refractivity contribution in [2.75, 3.05) is 0 Å². The molecule has 0 saturated heterocycles. The number of halogens is 1. The third-order valence-electron chi connectivity index (χ3n) is 4.06. The van der Waals surface area contributed by atoms with Crippen LogP contribution < -0.4 is 5.32 Å². The highest BCUT2D eigenvalue weighted by molar-refractivity contribution is 5.96. The molecule has 0 spiro atoms. The molecule has 120 valence electrons. The number of hydrogen-bond acceptors (Lipinski definition) is 4. The fourth-order valence-electron chi connectivity index (χ4n) is 2.97. The van der Waals surface area contributed by atoms with Gasteiger partial charge in [-0.05, 0) is 42.5 Å². The number of nitro groups is 1. The first kappa shape index (κ1) is 15.1. The smallest absolute Gasteiger partial charge is 0.320 e. The van der Waals surface area contributed by atoms with Gasteiger partial charge < -0.3 is 5.32 Å². The van der Waals surface area contributed by atoms with Crippen LogP contribution in [-0.4, -0.2) is 20.6 Å². The predicted octanol–water partition coefficient (Wildman–Crippen LogP) is 2.27.